The third kappa shape index (κ3) is 7.98. The molecule has 1 aromatic carbocycles. The van der Waals surface area contributed by atoms with E-state index in [1.807, 2.05) is 45.0 Å². The number of amides is 1. The van der Waals surface area contributed by atoms with Gasteiger partial charge in [0.15, 0.2) is 0 Å². The molecule has 2 rings (SSSR count). The minimum absolute atomic E-state index is 0.388. The Hall–Kier alpha value is -2.15. The maximum atomic E-state index is 11.6. The van der Waals surface area contributed by atoms with Crippen molar-refractivity contribution >= 4 is 6.09 Å². The van der Waals surface area contributed by atoms with Crippen LogP contribution < -0.4 is 10.1 Å². The highest BCUT2D eigenvalue weighted by atomic mass is 16.6. The van der Waals surface area contributed by atoms with E-state index in [0.29, 0.717) is 19.1 Å². The number of hydrogen-bond acceptors (Lipinski definition) is 3. The van der Waals surface area contributed by atoms with E-state index in [1.165, 1.54) is 32.1 Å². The summed E-state index contributed by atoms with van der Waals surface area (Å²) in [6.07, 6.45) is 5.96. The van der Waals surface area contributed by atoms with Gasteiger partial charge in [0.2, 0.25) is 0 Å². The highest BCUT2D eigenvalue weighted by Gasteiger charge is 2.15. The van der Waals surface area contributed by atoms with Crippen molar-refractivity contribution in [3.05, 3.63) is 29.8 Å². The molecule has 4 nitrogen and oxygen atoms in total. The summed E-state index contributed by atoms with van der Waals surface area (Å²) in [6.45, 7) is 6.29. The first-order chi connectivity index (χ1) is 11.9. The molecule has 136 valence electrons. The molecule has 25 heavy (non-hydrogen) atoms. The molecule has 1 aromatic rings. The van der Waals surface area contributed by atoms with Gasteiger partial charge >= 0.3 is 6.09 Å². The first kappa shape index (κ1) is 19.2. The average molecular weight is 343 g/mol. The fraction of sp³-hybridized carbons (Fsp3) is 0.571. The molecule has 1 saturated carbocycles. The molecule has 1 aliphatic carbocycles. The first-order valence-electron chi connectivity index (χ1n) is 9.14. The summed E-state index contributed by atoms with van der Waals surface area (Å²) in [5.41, 5.74) is 0.485. The summed E-state index contributed by atoms with van der Waals surface area (Å²) in [4.78, 5) is 11.6. The topological polar surface area (TPSA) is 47.6 Å². The van der Waals surface area contributed by atoms with Crippen molar-refractivity contribution in [2.45, 2.75) is 58.5 Å². The third-order valence-corrected chi connectivity index (χ3v) is 3.90. The molecule has 0 bridgehead atoms. The van der Waals surface area contributed by atoms with E-state index >= 15 is 0 Å². The fourth-order valence-corrected chi connectivity index (χ4v) is 2.73. The van der Waals surface area contributed by atoms with Crippen LogP contribution in [0.15, 0.2) is 24.3 Å². The van der Waals surface area contributed by atoms with Crippen molar-refractivity contribution in [3.63, 3.8) is 0 Å². The Labute approximate surface area is 151 Å². The second-order valence-corrected chi connectivity index (χ2v) is 7.41. The molecule has 0 heterocycles. The molecule has 4 heteroatoms. The van der Waals surface area contributed by atoms with E-state index in [1.54, 1.807) is 0 Å². The third-order valence-electron chi connectivity index (χ3n) is 3.90. The maximum Gasteiger partial charge on any atom is 0.407 e. The van der Waals surface area contributed by atoms with Crippen LogP contribution in [-0.4, -0.2) is 24.8 Å². The zero-order chi connectivity index (χ0) is 18.1. The number of rotatable bonds is 4. The number of benzene rings is 1. The van der Waals surface area contributed by atoms with Crippen molar-refractivity contribution in [3.8, 4) is 17.6 Å². The van der Waals surface area contributed by atoms with E-state index in [-0.39, 0.29) is 0 Å². The predicted octanol–water partition coefficient (Wildman–Crippen LogP) is 4.52. The van der Waals surface area contributed by atoms with Crippen LogP contribution in [0.25, 0.3) is 0 Å². The van der Waals surface area contributed by atoms with Crippen molar-refractivity contribution in [1.29, 1.82) is 0 Å². The Bertz CT molecular complexity index is 616. The zero-order valence-corrected chi connectivity index (χ0v) is 15.6. The van der Waals surface area contributed by atoms with Gasteiger partial charge in [-0.05, 0) is 51.8 Å². The summed E-state index contributed by atoms with van der Waals surface area (Å²) in [5.74, 6) is 7.96. The van der Waals surface area contributed by atoms with Crippen LogP contribution in [-0.2, 0) is 4.74 Å². The number of alkyl carbamates (subject to hydrolysis) is 1. The second kappa shape index (κ2) is 9.36. The van der Waals surface area contributed by atoms with Gasteiger partial charge < -0.3 is 14.8 Å². The summed E-state index contributed by atoms with van der Waals surface area (Å²) < 4.78 is 10.9. The normalized spacial score (nSPS) is 15.0. The highest BCUT2D eigenvalue weighted by Crippen LogP contribution is 2.23. The minimum Gasteiger partial charge on any atom is -0.492 e. The van der Waals surface area contributed by atoms with Crippen LogP contribution in [0.3, 0.4) is 0 Å². The van der Waals surface area contributed by atoms with Crippen LogP contribution >= 0.6 is 0 Å². The van der Waals surface area contributed by atoms with Gasteiger partial charge in [-0.25, -0.2) is 4.79 Å². The van der Waals surface area contributed by atoms with Gasteiger partial charge in [-0.2, -0.15) is 0 Å². The van der Waals surface area contributed by atoms with Crippen molar-refractivity contribution in [2.24, 2.45) is 5.92 Å². The molecule has 1 N–H and O–H groups in total. The molecular formula is C21H29NO3. The van der Waals surface area contributed by atoms with Crippen molar-refractivity contribution in [2.75, 3.05) is 13.2 Å². The Morgan fingerprint density at radius 2 is 2.00 bits per heavy atom. The lowest BCUT2D eigenvalue weighted by Gasteiger charge is -2.19. The summed E-state index contributed by atoms with van der Waals surface area (Å²) >= 11 is 0. The lowest BCUT2D eigenvalue weighted by molar-refractivity contribution is 0.0520. The Morgan fingerprint density at radius 3 is 2.72 bits per heavy atom. The largest absolute Gasteiger partial charge is 0.492 e. The van der Waals surface area contributed by atoms with Gasteiger partial charge in [-0.3, -0.25) is 0 Å². The maximum absolute atomic E-state index is 11.6. The Morgan fingerprint density at radius 1 is 1.24 bits per heavy atom. The summed E-state index contributed by atoms with van der Waals surface area (Å²) in [6, 6.07) is 7.80. The van der Waals surface area contributed by atoms with Gasteiger partial charge in [-0.15, -0.1) is 0 Å². The fourth-order valence-electron chi connectivity index (χ4n) is 2.73. The average Bonchev–Trinajstić information content (AvgIpc) is 2.57. The van der Waals surface area contributed by atoms with Gasteiger partial charge in [-0.1, -0.05) is 37.2 Å². The molecule has 1 fully saturated rings. The van der Waals surface area contributed by atoms with Crippen molar-refractivity contribution < 1.29 is 14.3 Å². The van der Waals surface area contributed by atoms with E-state index < -0.39 is 11.7 Å². The van der Waals surface area contributed by atoms with Crippen LogP contribution in [0.5, 0.6) is 5.75 Å². The molecule has 1 aliphatic rings. The molecule has 0 aliphatic heterocycles. The van der Waals surface area contributed by atoms with Gasteiger partial charge in [0.25, 0.3) is 0 Å². The second-order valence-electron chi connectivity index (χ2n) is 7.41. The van der Waals surface area contributed by atoms with Gasteiger partial charge in [0.1, 0.15) is 18.0 Å². The monoisotopic (exact) mass is 343 g/mol. The van der Waals surface area contributed by atoms with Crippen LogP contribution in [0.2, 0.25) is 0 Å². The van der Waals surface area contributed by atoms with Crippen molar-refractivity contribution in [1.82, 2.24) is 5.32 Å². The standard InChI is InChI=1S/C21H29NO3/c1-21(2,3)25-20(23)22-14-15-24-19-11-7-10-18(16-19)13-12-17-8-5-4-6-9-17/h7,10-11,16-17H,4-6,8-9,14-15H2,1-3H3,(H,22,23). The lowest BCUT2D eigenvalue weighted by Crippen LogP contribution is -2.34. The SMILES string of the molecule is CC(C)(C)OC(=O)NCCOc1cccc(C#CC2CCCCC2)c1. The molecule has 0 unspecified atom stereocenters. The summed E-state index contributed by atoms with van der Waals surface area (Å²) in [5, 5.41) is 2.68. The molecule has 0 saturated heterocycles. The lowest BCUT2D eigenvalue weighted by atomic mass is 9.90. The zero-order valence-electron chi connectivity index (χ0n) is 15.6. The van der Waals surface area contributed by atoms with E-state index in [4.69, 9.17) is 9.47 Å². The van der Waals surface area contributed by atoms with E-state index in [2.05, 4.69) is 17.2 Å². The van der Waals surface area contributed by atoms with Gasteiger partial charge in [0, 0.05) is 11.5 Å². The minimum atomic E-state index is -0.490. The smallest absolute Gasteiger partial charge is 0.407 e. The highest BCUT2D eigenvalue weighted by molar-refractivity contribution is 5.67. The number of carbonyl (C=O) groups is 1. The predicted molar refractivity (Wildman–Crippen MR) is 99.6 cm³/mol. The first-order valence-corrected chi connectivity index (χ1v) is 9.14. The molecular weight excluding hydrogens is 314 g/mol. The Balaban J connectivity index is 1.76. The van der Waals surface area contributed by atoms with Crippen LogP contribution in [0.1, 0.15) is 58.4 Å². The molecule has 0 aromatic heterocycles. The number of ether oxygens (including phenoxy) is 2. The number of hydrogen-bond donors (Lipinski definition) is 1. The van der Waals surface area contributed by atoms with E-state index in [9.17, 15) is 4.79 Å². The number of nitrogens with one attached hydrogen (secondary N) is 1. The molecule has 0 radical (unpaired) electrons. The van der Waals surface area contributed by atoms with Gasteiger partial charge in [0.05, 0.1) is 6.54 Å². The molecule has 1 amide bonds. The molecule has 0 atom stereocenters. The molecule has 0 spiro atoms. The quantitative estimate of drug-likeness (QED) is 0.646. The number of carbonyl (C=O) groups excluding carboxylic acids is 1. The van der Waals surface area contributed by atoms with E-state index in [0.717, 1.165) is 11.3 Å². The Kier molecular flexibility index (Phi) is 7.18. The summed E-state index contributed by atoms with van der Waals surface area (Å²) in [7, 11) is 0. The van der Waals surface area contributed by atoms with Crippen LogP contribution in [0.4, 0.5) is 4.79 Å². The van der Waals surface area contributed by atoms with Crippen LogP contribution in [0, 0.1) is 17.8 Å².